The maximum Gasteiger partial charge on any atom is 0.472 e. The van der Waals surface area contributed by atoms with Crippen LogP contribution >= 0.6 is 15.6 Å². The third kappa shape index (κ3) is 41.4. The minimum absolute atomic E-state index is 0.140. The van der Waals surface area contributed by atoms with Crippen molar-refractivity contribution in [3.63, 3.8) is 0 Å². The van der Waals surface area contributed by atoms with Crippen LogP contribution in [0.25, 0.3) is 0 Å². The summed E-state index contributed by atoms with van der Waals surface area (Å²) in [7, 11) is -9.60. The highest BCUT2D eigenvalue weighted by Crippen LogP contribution is 2.46. The molecule has 4 rings (SSSR count). The third-order valence-electron chi connectivity index (χ3n) is 17.3. The number of hydrogen-bond acceptors (Lipinski definition) is 20. The molecule has 0 aromatic carbocycles. The van der Waals surface area contributed by atoms with Crippen LogP contribution in [0.15, 0.2) is 43.7 Å². The summed E-state index contributed by atoms with van der Waals surface area (Å²) in [5.74, 6) is -0.284. The largest absolute Gasteiger partial charge is 0.472 e. The fourth-order valence-electron chi connectivity index (χ4n) is 11.2. The molecule has 4 heterocycles. The maximum absolute atomic E-state index is 13.0. The smallest absolute Gasteiger partial charge is 0.394 e. The molecule has 2 aromatic heterocycles. The molecule has 99 heavy (non-hydrogen) atoms. The zero-order valence-electron chi connectivity index (χ0n) is 66.4. The van der Waals surface area contributed by atoms with Crippen LogP contribution in [0, 0.1) is 5.92 Å². The normalized spacial score (nSPS) is 23.2. The Morgan fingerprint density at radius 2 is 0.869 bits per heavy atom. The highest BCUT2D eigenvalue weighted by Gasteiger charge is 2.55. The van der Waals surface area contributed by atoms with Crippen molar-refractivity contribution >= 4 is 15.6 Å². The van der Waals surface area contributed by atoms with Crippen molar-refractivity contribution in [2.24, 2.45) is 5.92 Å². The van der Waals surface area contributed by atoms with Crippen molar-refractivity contribution in [2.75, 3.05) is 72.6 Å². The molecule has 0 bridgehead atoms. The molecule has 0 spiro atoms. The zero-order valence-corrected chi connectivity index (χ0v) is 62.2. The molecule has 0 radical (unpaired) electrons. The van der Waals surface area contributed by atoms with Crippen molar-refractivity contribution in [3.05, 3.63) is 66.2 Å². The van der Waals surface area contributed by atoms with Gasteiger partial charge in [-0.1, -0.05) is 214 Å². The van der Waals surface area contributed by atoms with Gasteiger partial charge in [0.25, 0.3) is 11.1 Å². The molecule has 3 unspecified atom stereocenters. The van der Waals surface area contributed by atoms with Gasteiger partial charge in [-0.25, -0.2) is 18.7 Å². The minimum atomic E-state index is -5.11. The molecule has 2 fully saturated rings. The molecule has 0 aliphatic carbocycles. The second kappa shape index (κ2) is 54.7. The van der Waals surface area contributed by atoms with Crippen molar-refractivity contribution in [1.82, 2.24) is 19.1 Å². The summed E-state index contributed by atoms with van der Waals surface area (Å²) < 4.78 is 120. The number of aromatic nitrogens is 4. The Bertz CT molecular complexity index is 2960. The fraction of sp³-hybridized carbons (Fsp3) is 0.886. The van der Waals surface area contributed by atoms with Gasteiger partial charge in [-0.2, -0.15) is 0 Å². The summed E-state index contributed by atoms with van der Waals surface area (Å²) in [6, 6.07) is -1.24. The van der Waals surface area contributed by atoms with E-state index in [0.717, 1.165) is 116 Å². The molecule has 2 aromatic rings. The fourth-order valence-corrected chi connectivity index (χ4v) is 12.2. The lowest BCUT2D eigenvalue weighted by atomic mass is 9.96. The lowest BCUT2D eigenvalue weighted by Crippen LogP contribution is -2.46. The number of aliphatic hydroxyl groups is 5. The number of unbranched alkanes of at least 4 members (excludes halogenated alkanes) is 29. The zero-order chi connectivity index (χ0) is 78.5. The van der Waals surface area contributed by atoms with Gasteiger partial charge in [0.1, 0.15) is 41.7 Å². The van der Waals surface area contributed by atoms with Gasteiger partial charge in [0.15, 0.2) is 12.5 Å². The van der Waals surface area contributed by atoms with Gasteiger partial charge < -0.3 is 68.6 Å². The standard InChI is InChI=1S/C35H65N2O11P.C25H53O6P.C10H14N2O6/c1-4-6-8-9-10-11-12-13-14-18-25-45-26-29(20-16-15-19-24-44-23-17-7-5-2)27-46-49(42,43)47-28-30-32(39)35(3,41)33(48-30)37-22-21-31(38)36-34(37)40;1-3-5-7-9-11-13-14-15-17-19-21-29-23-25(24-31-32(26,27)28)30-22-20-18-16-12-10-8-6-4-2;1-10(17)7(15)5(4-13)18-8(10)12-3-2-6(14)11-9(12)16/h21-22,29-30,32-33,39,41H,4-20,23-28H2,1-3H3,(H,42,43)(H,36,38,40);25H,3-24H2,1-2H3,(H2,26,27,28);2-3,5,7-8,13,15,17H,4H2,1H3,(H,11,14,16)/t29?,30-,32-,33-,35-;;5-,7-,8-,10-/m1.1/s1/i21D,28D2;;2D,4D2. The predicted molar refractivity (Wildman–Crippen MR) is 381 cm³/mol. The first-order valence-electron chi connectivity index (χ1n) is 39.8. The topological polar surface area (TPSA) is 389 Å². The number of nitrogens with one attached hydrogen (secondary N) is 2. The Morgan fingerprint density at radius 1 is 0.505 bits per heavy atom. The number of H-pyrrole nitrogens is 2. The van der Waals surface area contributed by atoms with E-state index in [9.17, 15) is 58.7 Å². The Kier molecular flexibility index (Phi) is 45.2. The summed E-state index contributed by atoms with van der Waals surface area (Å²) in [6.07, 6.45) is 31.1. The number of phosphoric acid groups is 2. The van der Waals surface area contributed by atoms with E-state index in [2.05, 4.69) is 32.2 Å². The van der Waals surface area contributed by atoms with Crippen molar-refractivity contribution in [2.45, 2.75) is 320 Å². The number of ether oxygens (including phenoxy) is 6. The van der Waals surface area contributed by atoms with Gasteiger partial charge in [-0.15, -0.1) is 0 Å². The first-order chi connectivity index (χ1) is 49.6. The van der Waals surface area contributed by atoms with E-state index in [1.807, 2.05) is 9.97 Å². The first kappa shape index (κ1) is 81.8. The van der Waals surface area contributed by atoms with Crippen molar-refractivity contribution in [3.8, 4) is 0 Å². The summed E-state index contributed by atoms with van der Waals surface area (Å²) in [5, 5.41) is 51.2. The average Bonchev–Trinajstić information content (AvgIpc) is 1.61. The Labute approximate surface area is 597 Å². The summed E-state index contributed by atoms with van der Waals surface area (Å²) in [6.45, 7) is 8.18. The lowest BCUT2D eigenvalue weighted by molar-refractivity contribution is -0.0987. The van der Waals surface area contributed by atoms with Crippen LogP contribution in [-0.4, -0.2) is 174 Å². The Hall–Kier alpha value is -2.86. The number of nitrogens with zero attached hydrogens (tertiary/aromatic N) is 2. The molecule has 0 saturated carbocycles. The minimum Gasteiger partial charge on any atom is -0.394 e. The first-order valence-corrected chi connectivity index (χ1v) is 39.8. The third-order valence-corrected chi connectivity index (χ3v) is 18.6. The molecular formula is C70H132N4O23P2. The Balaban J connectivity index is 0.000000596. The number of aliphatic hydroxyl groups excluding tert-OH is 2. The van der Waals surface area contributed by atoms with E-state index in [1.54, 1.807) is 0 Å². The quantitative estimate of drug-likeness (QED) is 0.0217. The molecule has 2 aliphatic rings. The predicted octanol–water partition coefficient (Wildman–Crippen LogP) is 11.1. The molecular weight excluding hydrogens is 1330 g/mol. The van der Waals surface area contributed by atoms with Gasteiger partial charge in [0.2, 0.25) is 0 Å². The van der Waals surface area contributed by atoms with E-state index in [-0.39, 0.29) is 25.7 Å². The van der Waals surface area contributed by atoms with Crippen LogP contribution in [-0.2, 0) is 51.1 Å². The SMILES string of the molecule is CCCCCCCCCCCCOCC(COP(=O)(O)O)OCCCCCCCCCC.[2H]c1cn([C@@H]2O[C@H](C([2H])([2H])O)[C@@H](O)[C@@]2(C)O)c(=O)[nH]c1=O.[2H]c1cn([C@@H]2O[C@H](C([2H])([2H])OP(=O)(O)OCC(CCCCCOCCCCC)COCCCCCCCCCCCC)[C@@H](O)[C@@]2(C)O)c(=O)[nH]c1=O. The summed E-state index contributed by atoms with van der Waals surface area (Å²) in [4.78, 5) is 79.1. The molecule has 580 valence electrons. The van der Waals surface area contributed by atoms with Crippen LogP contribution < -0.4 is 22.5 Å². The molecule has 10 N–H and O–H groups in total. The van der Waals surface area contributed by atoms with Gasteiger partial charge >= 0.3 is 27.0 Å². The molecule has 2 saturated heterocycles. The van der Waals surface area contributed by atoms with E-state index >= 15 is 0 Å². The van der Waals surface area contributed by atoms with Crippen molar-refractivity contribution in [1.29, 1.82) is 0 Å². The average molecular weight is 1470 g/mol. The number of phosphoric ester groups is 2. The maximum atomic E-state index is 13.0. The van der Waals surface area contributed by atoms with E-state index < -0.39 is 118 Å². The van der Waals surface area contributed by atoms with E-state index in [4.69, 9.17) is 55.5 Å². The van der Waals surface area contributed by atoms with Gasteiger partial charge in [-0.05, 0) is 52.4 Å². The molecule has 11 atom stereocenters. The highest BCUT2D eigenvalue weighted by atomic mass is 31.2. The molecule has 27 nitrogen and oxygen atoms in total. The molecule has 29 heteroatoms. The van der Waals surface area contributed by atoms with Crippen molar-refractivity contribution < 1.29 is 99.6 Å². The van der Waals surface area contributed by atoms with Gasteiger partial charge in [-0.3, -0.25) is 42.3 Å². The second-order valence-corrected chi connectivity index (χ2v) is 29.1. The van der Waals surface area contributed by atoms with Gasteiger partial charge in [0.05, 0.1) is 47.8 Å². The number of hydrogen-bond donors (Lipinski definition) is 10. The number of aromatic amines is 2. The summed E-state index contributed by atoms with van der Waals surface area (Å²) >= 11 is 0. The lowest BCUT2D eigenvalue weighted by Gasteiger charge is -2.27. The molecule has 2 aliphatic heterocycles. The second-order valence-electron chi connectivity index (χ2n) is 26.4. The van der Waals surface area contributed by atoms with E-state index in [0.29, 0.717) is 48.6 Å². The summed E-state index contributed by atoms with van der Waals surface area (Å²) in [5.41, 5.74) is -8.50. The Morgan fingerprint density at radius 3 is 1.29 bits per heavy atom. The molecule has 0 amide bonds. The highest BCUT2D eigenvalue weighted by molar-refractivity contribution is 7.47. The van der Waals surface area contributed by atoms with Gasteiger partial charge in [0, 0.05) is 63.4 Å². The number of rotatable bonds is 58. The van der Waals surface area contributed by atoms with Crippen LogP contribution in [0.1, 0.15) is 287 Å². The van der Waals surface area contributed by atoms with Crippen LogP contribution in [0.4, 0.5) is 0 Å². The van der Waals surface area contributed by atoms with Crippen LogP contribution in [0.3, 0.4) is 0 Å². The van der Waals surface area contributed by atoms with E-state index in [1.165, 1.54) is 135 Å². The van der Waals surface area contributed by atoms with Crippen LogP contribution in [0.5, 0.6) is 0 Å². The monoisotopic (exact) mass is 1460 g/mol. The van der Waals surface area contributed by atoms with Crippen LogP contribution in [0.2, 0.25) is 0 Å².